The molecule has 0 unspecified atom stereocenters. The van der Waals surface area contributed by atoms with Crippen molar-refractivity contribution in [2.45, 2.75) is 92.4 Å². The maximum atomic E-state index is 11.5. The number of hydrogen-bond donors (Lipinski definition) is 2. The fraction of sp³-hybridized carbons (Fsp3) is 0.733. The molecule has 0 aliphatic heterocycles. The van der Waals surface area contributed by atoms with Crippen molar-refractivity contribution in [3.63, 3.8) is 0 Å². The first-order chi connectivity index (χ1) is 15.8. The highest BCUT2D eigenvalue weighted by Crippen LogP contribution is 2.86. The van der Waals surface area contributed by atoms with E-state index in [4.69, 9.17) is 5.11 Å². The summed E-state index contributed by atoms with van der Waals surface area (Å²) in [4.78, 5) is 22.7. The van der Waals surface area contributed by atoms with Crippen molar-refractivity contribution in [3.05, 3.63) is 36.0 Å². The minimum absolute atomic E-state index is 0.0733. The molecule has 188 valence electrons. The molecule has 0 aromatic heterocycles. The number of carbonyl (C=O) groups is 2. The highest BCUT2D eigenvalue weighted by atomic mass is 16.4. The van der Waals surface area contributed by atoms with Gasteiger partial charge in [0.15, 0.2) is 0 Å². The van der Waals surface area contributed by atoms with E-state index < -0.39 is 11.9 Å². The molecule has 4 aliphatic carbocycles. The van der Waals surface area contributed by atoms with Crippen LogP contribution < -0.4 is 0 Å². The molecule has 0 bridgehead atoms. The van der Waals surface area contributed by atoms with Gasteiger partial charge in [0.2, 0.25) is 0 Å². The maximum absolute atomic E-state index is 11.5. The van der Waals surface area contributed by atoms with E-state index in [-0.39, 0.29) is 28.1 Å². The van der Waals surface area contributed by atoms with Crippen molar-refractivity contribution in [3.8, 4) is 0 Å². The summed E-state index contributed by atoms with van der Waals surface area (Å²) in [5, 5.41) is 18.6. The smallest absolute Gasteiger partial charge is 0.330 e. The molecule has 1 spiro atoms. The number of carboxylic acids is 2. The van der Waals surface area contributed by atoms with Crippen LogP contribution in [0.15, 0.2) is 36.0 Å². The van der Waals surface area contributed by atoms with Crippen LogP contribution in [0.4, 0.5) is 0 Å². The number of carboxylic acid groups (broad SMARTS) is 2. The molecule has 0 aromatic rings. The third-order valence-corrected chi connectivity index (χ3v) is 11.5. The minimum Gasteiger partial charge on any atom is -0.481 e. The van der Waals surface area contributed by atoms with Gasteiger partial charge >= 0.3 is 11.9 Å². The predicted octanol–water partition coefficient (Wildman–Crippen LogP) is 7.27. The summed E-state index contributed by atoms with van der Waals surface area (Å²) in [5.41, 5.74) is 2.41. The van der Waals surface area contributed by atoms with Crippen LogP contribution in [0.5, 0.6) is 0 Å². The number of aliphatic carboxylic acids is 2. The topological polar surface area (TPSA) is 74.6 Å². The number of fused-ring (bicyclic) bond motifs is 2. The van der Waals surface area contributed by atoms with Crippen LogP contribution in [0.3, 0.4) is 0 Å². The van der Waals surface area contributed by atoms with Crippen molar-refractivity contribution in [2.24, 2.45) is 45.3 Å². The van der Waals surface area contributed by atoms with Crippen LogP contribution in [-0.4, -0.2) is 22.2 Å². The van der Waals surface area contributed by atoms with Gasteiger partial charge in [-0.3, -0.25) is 4.79 Å². The number of rotatable bonds is 9. The SMILES string of the molecule is C=C(C)[C@@H]1C=C[C@@H]2[C@]3(CC[C@]4(C)[C@@H]([C@H](C)CC/C=C(/C)C(=O)O)CC[C@@]24C)C[C@]13CCC(=O)O. The van der Waals surface area contributed by atoms with Gasteiger partial charge in [0, 0.05) is 17.9 Å². The summed E-state index contributed by atoms with van der Waals surface area (Å²) in [6, 6.07) is 0. The first kappa shape index (κ1) is 25.3. The second kappa shape index (κ2) is 8.38. The second-order valence-electron chi connectivity index (χ2n) is 12.8. The Kier molecular flexibility index (Phi) is 6.23. The van der Waals surface area contributed by atoms with E-state index in [2.05, 4.69) is 46.4 Å². The minimum atomic E-state index is -0.821. The first-order valence-electron chi connectivity index (χ1n) is 13.3. The lowest BCUT2D eigenvalue weighted by Gasteiger charge is -2.59. The molecule has 3 saturated carbocycles. The molecule has 4 heteroatoms. The van der Waals surface area contributed by atoms with E-state index in [0.29, 0.717) is 29.2 Å². The molecule has 4 aliphatic rings. The first-order valence-corrected chi connectivity index (χ1v) is 13.3. The number of allylic oxidation sites excluding steroid dienone is 4. The zero-order chi connectivity index (χ0) is 25.1. The van der Waals surface area contributed by atoms with Gasteiger partial charge in [-0.1, -0.05) is 51.2 Å². The maximum Gasteiger partial charge on any atom is 0.330 e. The van der Waals surface area contributed by atoms with Crippen LogP contribution in [0, 0.1) is 45.3 Å². The van der Waals surface area contributed by atoms with Gasteiger partial charge in [-0.2, -0.15) is 0 Å². The van der Waals surface area contributed by atoms with Crippen LogP contribution in [-0.2, 0) is 9.59 Å². The Morgan fingerprint density at radius 1 is 1.12 bits per heavy atom. The van der Waals surface area contributed by atoms with E-state index in [0.717, 1.165) is 25.7 Å². The van der Waals surface area contributed by atoms with Crippen molar-refractivity contribution in [1.29, 1.82) is 0 Å². The normalized spacial score (nSPS) is 43.4. The molecule has 0 saturated heterocycles. The van der Waals surface area contributed by atoms with Crippen molar-refractivity contribution in [1.82, 2.24) is 0 Å². The zero-order valence-electron chi connectivity index (χ0n) is 21.8. The molecule has 0 amide bonds. The van der Waals surface area contributed by atoms with Crippen LogP contribution in [0.25, 0.3) is 0 Å². The molecule has 8 atom stereocenters. The quantitative estimate of drug-likeness (QED) is 0.276. The van der Waals surface area contributed by atoms with Gasteiger partial charge in [-0.25, -0.2) is 4.79 Å². The molecule has 0 heterocycles. The van der Waals surface area contributed by atoms with Crippen LogP contribution in [0.2, 0.25) is 0 Å². The van der Waals surface area contributed by atoms with Crippen molar-refractivity contribution < 1.29 is 19.8 Å². The van der Waals surface area contributed by atoms with Crippen LogP contribution in [0.1, 0.15) is 92.4 Å². The summed E-state index contributed by atoms with van der Waals surface area (Å²) >= 11 is 0. The fourth-order valence-electron chi connectivity index (χ4n) is 9.43. The van der Waals surface area contributed by atoms with E-state index in [1.807, 2.05) is 6.08 Å². The molecule has 4 nitrogen and oxygen atoms in total. The lowest BCUT2D eigenvalue weighted by atomic mass is 9.45. The molecule has 3 fully saturated rings. The summed E-state index contributed by atoms with van der Waals surface area (Å²) in [7, 11) is 0. The van der Waals surface area contributed by atoms with E-state index in [9.17, 15) is 14.7 Å². The lowest BCUT2D eigenvalue weighted by Crippen LogP contribution is -2.53. The van der Waals surface area contributed by atoms with E-state index >= 15 is 0 Å². The summed E-state index contributed by atoms with van der Waals surface area (Å²) in [6.45, 7) is 15.5. The van der Waals surface area contributed by atoms with E-state index in [1.165, 1.54) is 31.3 Å². The third kappa shape index (κ3) is 3.45. The van der Waals surface area contributed by atoms with Crippen molar-refractivity contribution in [2.75, 3.05) is 0 Å². The number of hydrogen-bond acceptors (Lipinski definition) is 2. The van der Waals surface area contributed by atoms with Gasteiger partial charge in [-0.05, 0) is 105 Å². The zero-order valence-corrected chi connectivity index (χ0v) is 21.8. The monoisotopic (exact) mass is 468 g/mol. The molecule has 0 aromatic carbocycles. The Labute approximate surface area is 205 Å². The summed E-state index contributed by atoms with van der Waals surface area (Å²) in [5.74, 6) is 0.513. The Hall–Kier alpha value is -1.84. The van der Waals surface area contributed by atoms with E-state index in [1.54, 1.807) is 6.92 Å². The Morgan fingerprint density at radius 3 is 2.44 bits per heavy atom. The third-order valence-electron chi connectivity index (χ3n) is 11.5. The van der Waals surface area contributed by atoms with Gasteiger partial charge in [-0.15, -0.1) is 0 Å². The van der Waals surface area contributed by atoms with Gasteiger partial charge in [0.25, 0.3) is 0 Å². The summed E-state index contributed by atoms with van der Waals surface area (Å²) < 4.78 is 0. The molecule has 34 heavy (non-hydrogen) atoms. The summed E-state index contributed by atoms with van der Waals surface area (Å²) in [6.07, 6.45) is 15.7. The average molecular weight is 469 g/mol. The molecule has 2 N–H and O–H groups in total. The van der Waals surface area contributed by atoms with Gasteiger partial charge < -0.3 is 10.2 Å². The predicted molar refractivity (Wildman–Crippen MR) is 135 cm³/mol. The molecular formula is C30H44O4. The highest BCUT2D eigenvalue weighted by Gasteiger charge is 2.79. The van der Waals surface area contributed by atoms with Gasteiger partial charge in [0.1, 0.15) is 0 Å². The van der Waals surface area contributed by atoms with Crippen molar-refractivity contribution >= 4 is 11.9 Å². The molecule has 0 radical (unpaired) electrons. The standard InChI is InChI=1S/C30H44O4/c1-19(2)22-10-11-24-28(6)14-12-23(20(3)8-7-9-21(4)26(33)34)27(28,5)16-17-30(24)18-29(22,30)15-13-25(31)32/h9-11,20,22-24H,1,7-8,12-18H2,2-6H3,(H,31,32)(H,33,34)/b21-9-/t20-,22+,23-,24+,27-,28+,29-,30+/m1/s1. The average Bonchev–Trinajstić information content (AvgIpc) is 3.35. The Bertz CT molecular complexity index is 945. The molecule has 4 rings (SSSR count). The van der Waals surface area contributed by atoms with Crippen LogP contribution >= 0.6 is 0 Å². The largest absolute Gasteiger partial charge is 0.481 e. The molecular weight excluding hydrogens is 424 g/mol. The Morgan fingerprint density at radius 2 is 1.82 bits per heavy atom. The fourth-order valence-corrected chi connectivity index (χ4v) is 9.43. The highest BCUT2D eigenvalue weighted by molar-refractivity contribution is 5.85. The second-order valence-corrected chi connectivity index (χ2v) is 12.8. The lowest BCUT2D eigenvalue weighted by molar-refractivity contribution is -0.138. The Balaban J connectivity index is 1.59. The van der Waals surface area contributed by atoms with Gasteiger partial charge in [0.05, 0.1) is 0 Å².